The minimum absolute atomic E-state index is 0.111. The Bertz CT molecular complexity index is 492. The van der Waals surface area contributed by atoms with E-state index in [1.807, 2.05) is 35.7 Å². The Morgan fingerprint density at radius 2 is 2.16 bits per heavy atom. The molecule has 19 heavy (non-hydrogen) atoms. The van der Waals surface area contributed by atoms with Gasteiger partial charge in [-0.2, -0.15) is 5.10 Å². The highest BCUT2D eigenvalue weighted by Crippen LogP contribution is 2.13. The van der Waals surface area contributed by atoms with E-state index < -0.39 is 0 Å². The van der Waals surface area contributed by atoms with Gasteiger partial charge < -0.3 is 9.88 Å². The summed E-state index contributed by atoms with van der Waals surface area (Å²) >= 11 is 0. The smallest absolute Gasteiger partial charge is 0.0951 e. The highest BCUT2D eigenvalue weighted by atomic mass is 15.3. The number of hydrogen-bond acceptors (Lipinski definition) is 3. The minimum Gasteiger partial charge on any atom is -0.329 e. The van der Waals surface area contributed by atoms with E-state index in [0.29, 0.717) is 6.04 Å². The van der Waals surface area contributed by atoms with E-state index in [1.54, 1.807) is 0 Å². The molecule has 0 aliphatic carbocycles. The summed E-state index contributed by atoms with van der Waals surface area (Å²) in [7, 11) is 0. The molecule has 104 valence electrons. The van der Waals surface area contributed by atoms with Gasteiger partial charge >= 0.3 is 0 Å². The van der Waals surface area contributed by atoms with Gasteiger partial charge in [0.1, 0.15) is 0 Å². The molecule has 2 aromatic heterocycles. The Hall–Kier alpha value is -1.62. The van der Waals surface area contributed by atoms with Gasteiger partial charge in [0, 0.05) is 30.7 Å². The first-order chi connectivity index (χ1) is 8.96. The third kappa shape index (κ3) is 3.92. The Morgan fingerprint density at radius 1 is 1.37 bits per heavy atom. The summed E-state index contributed by atoms with van der Waals surface area (Å²) in [6.45, 7) is 10.4. The Balaban J connectivity index is 2.02. The molecule has 2 aromatic rings. The van der Waals surface area contributed by atoms with E-state index in [4.69, 9.17) is 0 Å². The van der Waals surface area contributed by atoms with Crippen LogP contribution in [0.1, 0.15) is 39.4 Å². The minimum atomic E-state index is 0.111. The van der Waals surface area contributed by atoms with Crippen LogP contribution in [0.15, 0.2) is 31.0 Å². The average Bonchev–Trinajstić information content (AvgIpc) is 2.95. The molecule has 0 spiro atoms. The van der Waals surface area contributed by atoms with Crippen molar-refractivity contribution >= 4 is 0 Å². The molecule has 1 unspecified atom stereocenters. The summed E-state index contributed by atoms with van der Waals surface area (Å²) in [5.74, 6) is 0. The molecule has 2 rings (SSSR count). The van der Waals surface area contributed by atoms with Crippen LogP contribution in [0.4, 0.5) is 0 Å². The lowest BCUT2D eigenvalue weighted by molar-refractivity contribution is 0.391. The van der Waals surface area contributed by atoms with Gasteiger partial charge in [-0.25, -0.2) is 4.98 Å². The monoisotopic (exact) mass is 261 g/mol. The van der Waals surface area contributed by atoms with E-state index in [9.17, 15) is 0 Å². The lowest BCUT2D eigenvalue weighted by atomic mass is 10.1. The molecule has 0 radical (unpaired) electrons. The molecule has 5 heteroatoms. The zero-order chi connectivity index (χ0) is 13.9. The molecule has 0 fully saturated rings. The van der Waals surface area contributed by atoms with Gasteiger partial charge in [-0.1, -0.05) is 0 Å². The van der Waals surface area contributed by atoms with Crippen LogP contribution < -0.4 is 5.32 Å². The third-order valence-electron chi connectivity index (χ3n) is 3.03. The molecule has 1 N–H and O–H groups in total. The van der Waals surface area contributed by atoms with Gasteiger partial charge in [0.15, 0.2) is 0 Å². The predicted molar refractivity (Wildman–Crippen MR) is 75.8 cm³/mol. The standard InChI is InChI=1S/C14H23N5/c1-12(10-18-7-5-6-17-18)19-11-15-8-13(19)9-16-14(2,3)4/h5-8,11-12,16H,9-10H2,1-4H3. The summed E-state index contributed by atoms with van der Waals surface area (Å²) in [5.41, 5.74) is 1.31. The van der Waals surface area contributed by atoms with E-state index in [2.05, 4.69) is 47.7 Å². The number of imidazole rings is 1. The van der Waals surface area contributed by atoms with Crippen LogP contribution in [-0.2, 0) is 13.1 Å². The van der Waals surface area contributed by atoms with E-state index in [1.165, 1.54) is 5.69 Å². The summed E-state index contributed by atoms with van der Waals surface area (Å²) in [6, 6.07) is 2.28. The first-order valence-electron chi connectivity index (χ1n) is 6.69. The van der Waals surface area contributed by atoms with Crippen LogP contribution in [0.3, 0.4) is 0 Å². The summed E-state index contributed by atoms with van der Waals surface area (Å²) < 4.78 is 4.16. The van der Waals surface area contributed by atoms with Crippen LogP contribution in [0.5, 0.6) is 0 Å². The van der Waals surface area contributed by atoms with Gasteiger partial charge in [-0.15, -0.1) is 0 Å². The largest absolute Gasteiger partial charge is 0.329 e. The van der Waals surface area contributed by atoms with Crippen LogP contribution >= 0.6 is 0 Å². The van der Waals surface area contributed by atoms with Gasteiger partial charge in [0.2, 0.25) is 0 Å². The summed E-state index contributed by atoms with van der Waals surface area (Å²) in [5, 5.41) is 7.74. The molecule has 0 bridgehead atoms. The van der Waals surface area contributed by atoms with E-state index >= 15 is 0 Å². The fraction of sp³-hybridized carbons (Fsp3) is 0.571. The summed E-state index contributed by atoms with van der Waals surface area (Å²) in [6.07, 6.45) is 7.62. The van der Waals surface area contributed by atoms with Crippen molar-refractivity contribution < 1.29 is 0 Å². The fourth-order valence-electron chi connectivity index (χ4n) is 1.99. The highest BCUT2D eigenvalue weighted by molar-refractivity contribution is 5.00. The van der Waals surface area contributed by atoms with Crippen molar-refractivity contribution in [3.8, 4) is 0 Å². The molecule has 0 saturated heterocycles. The first-order valence-corrected chi connectivity index (χ1v) is 6.69. The Labute approximate surface area is 114 Å². The van der Waals surface area contributed by atoms with Gasteiger partial charge in [0.25, 0.3) is 0 Å². The maximum atomic E-state index is 4.27. The Morgan fingerprint density at radius 3 is 2.79 bits per heavy atom. The SMILES string of the molecule is CC(Cn1cccn1)n1cncc1CNC(C)(C)C. The molecule has 0 aliphatic rings. The summed E-state index contributed by atoms with van der Waals surface area (Å²) in [4.78, 5) is 4.27. The van der Waals surface area contributed by atoms with Crippen molar-refractivity contribution in [1.29, 1.82) is 0 Å². The maximum Gasteiger partial charge on any atom is 0.0951 e. The lowest BCUT2D eigenvalue weighted by Gasteiger charge is -2.22. The average molecular weight is 261 g/mol. The number of nitrogens with zero attached hydrogens (tertiary/aromatic N) is 4. The molecule has 1 atom stereocenters. The number of hydrogen-bond donors (Lipinski definition) is 1. The van der Waals surface area contributed by atoms with Crippen LogP contribution in [0, 0.1) is 0 Å². The van der Waals surface area contributed by atoms with Crippen molar-refractivity contribution in [2.24, 2.45) is 0 Å². The molecule has 0 aromatic carbocycles. The quantitative estimate of drug-likeness (QED) is 0.898. The number of aromatic nitrogens is 4. The van der Waals surface area contributed by atoms with Crippen LogP contribution in [0.25, 0.3) is 0 Å². The van der Waals surface area contributed by atoms with Crippen molar-refractivity contribution in [2.75, 3.05) is 0 Å². The van der Waals surface area contributed by atoms with E-state index in [0.717, 1.165) is 13.1 Å². The maximum absolute atomic E-state index is 4.27. The fourth-order valence-corrected chi connectivity index (χ4v) is 1.99. The molecule has 0 aliphatic heterocycles. The second-order valence-corrected chi connectivity index (χ2v) is 5.97. The van der Waals surface area contributed by atoms with Crippen LogP contribution in [-0.4, -0.2) is 24.9 Å². The predicted octanol–water partition coefficient (Wildman–Crippen LogP) is 2.23. The topological polar surface area (TPSA) is 47.7 Å². The molecule has 0 saturated carbocycles. The molecule has 2 heterocycles. The molecule has 5 nitrogen and oxygen atoms in total. The second kappa shape index (κ2) is 5.57. The number of rotatable bonds is 5. The van der Waals surface area contributed by atoms with Crippen molar-refractivity contribution in [3.63, 3.8) is 0 Å². The Kier molecular flexibility index (Phi) is 4.04. The van der Waals surface area contributed by atoms with E-state index in [-0.39, 0.29) is 5.54 Å². The number of nitrogens with one attached hydrogen (secondary N) is 1. The first kappa shape index (κ1) is 13.8. The normalized spacial score (nSPS) is 13.7. The molecular weight excluding hydrogens is 238 g/mol. The van der Waals surface area contributed by atoms with Gasteiger partial charge in [-0.05, 0) is 33.8 Å². The van der Waals surface area contributed by atoms with Crippen LogP contribution in [0.2, 0.25) is 0 Å². The zero-order valence-electron chi connectivity index (χ0n) is 12.2. The van der Waals surface area contributed by atoms with Crippen molar-refractivity contribution in [2.45, 2.75) is 52.4 Å². The highest BCUT2D eigenvalue weighted by Gasteiger charge is 2.13. The lowest BCUT2D eigenvalue weighted by Crippen LogP contribution is -2.35. The second-order valence-electron chi connectivity index (χ2n) is 5.97. The van der Waals surface area contributed by atoms with Gasteiger partial charge in [0.05, 0.1) is 24.6 Å². The zero-order valence-corrected chi connectivity index (χ0v) is 12.2. The van der Waals surface area contributed by atoms with Gasteiger partial charge in [-0.3, -0.25) is 4.68 Å². The van der Waals surface area contributed by atoms with Crippen molar-refractivity contribution in [3.05, 3.63) is 36.7 Å². The third-order valence-corrected chi connectivity index (χ3v) is 3.03. The molecule has 0 amide bonds. The molecular formula is C14H23N5. The van der Waals surface area contributed by atoms with Crippen molar-refractivity contribution in [1.82, 2.24) is 24.6 Å².